The number of nitrogen functional groups attached to an aromatic ring is 1. The minimum Gasteiger partial charge on any atom is -0.397 e. The van der Waals surface area contributed by atoms with Crippen molar-refractivity contribution in [3.63, 3.8) is 0 Å². The molecule has 0 atom stereocenters. The molecule has 0 heterocycles. The van der Waals surface area contributed by atoms with Gasteiger partial charge in [0, 0.05) is 6.54 Å². The average molecular weight is 236 g/mol. The highest BCUT2D eigenvalue weighted by Crippen LogP contribution is 2.36. The summed E-state index contributed by atoms with van der Waals surface area (Å²) < 4.78 is 12.9. The Hall–Kier alpha value is -1.25. The third kappa shape index (κ3) is 3.11. The second kappa shape index (κ2) is 4.94. The van der Waals surface area contributed by atoms with Crippen LogP contribution >= 0.6 is 0 Å². The van der Waals surface area contributed by atoms with Crippen LogP contribution in [0.4, 0.5) is 15.8 Å². The van der Waals surface area contributed by atoms with Gasteiger partial charge >= 0.3 is 0 Å². The van der Waals surface area contributed by atoms with Crippen molar-refractivity contribution in [2.24, 2.45) is 5.41 Å². The normalized spacial score (nSPS) is 18.9. The molecule has 0 unspecified atom stereocenters. The van der Waals surface area contributed by atoms with E-state index in [1.807, 2.05) is 0 Å². The first-order chi connectivity index (χ1) is 8.09. The van der Waals surface area contributed by atoms with Crippen molar-refractivity contribution >= 4 is 11.4 Å². The molecular weight excluding hydrogens is 215 g/mol. The first-order valence-corrected chi connectivity index (χ1v) is 6.38. The van der Waals surface area contributed by atoms with E-state index >= 15 is 0 Å². The lowest BCUT2D eigenvalue weighted by molar-refractivity contribution is 0.233. The van der Waals surface area contributed by atoms with Gasteiger partial charge in [0.15, 0.2) is 0 Å². The van der Waals surface area contributed by atoms with Gasteiger partial charge < -0.3 is 11.1 Å². The van der Waals surface area contributed by atoms with Gasteiger partial charge in [-0.3, -0.25) is 0 Å². The molecule has 0 spiro atoms. The largest absolute Gasteiger partial charge is 0.397 e. The van der Waals surface area contributed by atoms with E-state index in [0.717, 1.165) is 12.2 Å². The van der Waals surface area contributed by atoms with Crippen LogP contribution in [0.15, 0.2) is 18.2 Å². The third-order valence-corrected chi connectivity index (χ3v) is 3.78. The molecule has 3 N–H and O–H groups in total. The minimum atomic E-state index is -0.281. The molecule has 1 fully saturated rings. The maximum Gasteiger partial charge on any atom is 0.125 e. The Morgan fingerprint density at radius 3 is 2.65 bits per heavy atom. The van der Waals surface area contributed by atoms with Gasteiger partial charge in [0.25, 0.3) is 0 Å². The molecule has 2 nitrogen and oxygen atoms in total. The van der Waals surface area contributed by atoms with Crippen LogP contribution in [0, 0.1) is 11.2 Å². The molecule has 0 saturated heterocycles. The zero-order valence-electron chi connectivity index (χ0n) is 10.4. The van der Waals surface area contributed by atoms with Gasteiger partial charge in [-0.25, -0.2) is 4.39 Å². The third-order valence-electron chi connectivity index (χ3n) is 3.78. The standard InChI is InChI=1S/C14H21FN2/c1-14(7-3-2-4-8-14)10-17-13-6-5-11(15)9-12(13)16/h5-6,9,17H,2-4,7-8,10,16H2,1H3. The SMILES string of the molecule is CC1(CNc2ccc(F)cc2N)CCCCC1. The van der Waals surface area contributed by atoms with E-state index in [1.54, 1.807) is 6.07 Å². The highest BCUT2D eigenvalue weighted by Gasteiger charge is 2.26. The van der Waals surface area contributed by atoms with Crippen molar-refractivity contribution in [1.82, 2.24) is 0 Å². The van der Waals surface area contributed by atoms with Crippen LogP contribution in [0.1, 0.15) is 39.0 Å². The molecular formula is C14H21FN2. The summed E-state index contributed by atoms with van der Waals surface area (Å²) >= 11 is 0. The zero-order valence-corrected chi connectivity index (χ0v) is 10.4. The molecule has 0 amide bonds. The number of halogens is 1. The van der Waals surface area contributed by atoms with E-state index in [0.29, 0.717) is 11.1 Å². The topological polar surface area (TPSA) is 38.0 Å². The Morgan fingerprint density at radius 1 is 1.29 bits per heavy atom. The monoisotopic (exact) mass is 236 g/mol. The second-order valence-corrected chi connectivity index (χ2v) is 5.46. The van der Waals surface area contributed by atoms with Gasteiger partial charge in [0.1, 0.15) is 5.82 Å². The summed E-state index contributed by atoms with van der Waals surface area (Å²) in [6.07, 6.45) is 6.52. The van der Waals surface area contributed by atoms with Gasteiger partial charge in [0.05, 0.1) is 11.4 Å². The van der Waals surface area contributed by atoms with Crippen molar-refractivity contribution in [2.75, 3.05) is 17.6 Å². The van der Waals surface area contributed by atoms with E-state index in [4.69, 9.17) is 5.73 Å². The summed E-state index contributed by atoms with van der Waals surface area (Å²) in [5.74, 6) is -0.281. The van der Waals surface area contributed by atoms with E-state index in [1.165, 1.54) is 44.2 Å². The first-order valence-electron chi connectivity index (χ1n) is 6.38. The maximum absolute atomic E-state index is 12.9. The first kappa shape index (κ1) is 12.2. The lowest BCUT2D eigenvalue weighted by Crippen LogP contribution is -2.29. The summed E-state index contributed by atoms with van der Waals surface area (Å²) in [5, 5.41) is 3.36. The Balaban J connectivity index is 1.97. The molecule has 94 valence electrons. The molecule has 1 aromatic rings. The summed E-state index contributed by atoms with van der Waals surface area (Å²) in [7, 11) is 0. The highest BCUT2D eigenvalue weighted by molar-refractivity contribution is 5.65. The predicted molar refractivity (Wildman–Crippen MR) is 70.5 cm³/mol. The number of nitrogens with two attached hydrogens (primary N) is 1. The number of nitrogens with one attached hydrogen (secondary N) is 1. The zero-order chi connectivity index (χ0) is 12.3. The van der Waals surface area contributed by atoms with E-state index < -0.39 is 0 Å². The molecule has 1 saturated carbocycles. The summed E-state index contributed by atoms with van der Waals surface area (Å²) in [5.41, 5.74) is 7.47. The van der Waals surface area contributed by atoms with Crippen molar-refractivity contribution in [3.8, 4) is 0 Å². The Morgan fingerprint density at radius 2 is 2.00 bits per heavy atom. The fraction of sp³-hybridized carbons (Fsp3) is 0.571. The maximum atomic E-state index is 12.9. The lowest BCUT2D eigenvalue weighted by atomic mass is 9.76. The number of hydrogen-bond acceptors (Lipinski definition) is 2. The van der Waals surface area contributed by atoms with Gasteiger partial charge in [-0.2, -0.15) is 0 Å². The van der Waals surface area contributed by atoms with Crippen LogP contribution < -0.4 is 11.1 Å². The van der Waals surface area contributed by atoms with Crippen LogP contribution in [0.5, 0.6) is 0 Å². The fourth-order valence-corrected chi connectivity index (χ4v) is 2.59. The number of hydrogen-bond donors (Lipinski definition) is 2. The quantitative estimate of drug-likeness (QED) is 0.784. The van der Waals surface area contributed by atoms with Crippen LogP contribution in [0.2, 0.25) is 0 Å². The summed E-state index contributed by atoms with van der Waals surface area (Å²) in [4.78, 5) is 0. The minimum absolute atomic E-state index is 0.281. The van der Waals surface area contributed by atoms with Crippen molar-refractivity contribution in [3.05, 3.63) is 24.0 Å². The summed E-state index contributed by atoms with van der Waals surface area (Å²) in [6, 6.07) is 4.53. The number of anilines is 2. The number of rotatable bonds is 3. The van der Waals surface area contributed by atoms with E-state index in [9.17, 15) is 4.39 Å². The molecule has 2 rings (SSSR count). The molecule has 1 aliphatic rings. The second-order valence-electron chi connectivity index (χ2n) is 5.46. The average Bonchev–Trinajstić information content (AvgIpc) is 2.29. The molecule has 0 aliphatic heterocycles. The van der Waals surface area contributed by atoms with E-state index in [2.05, 4.69) is 12.2 Å². The van der Waals surface area contributed by atoms with Gasteiger partial charge in [-0.15, -0.1) is 0 Å². The molecule has 0 bridgehead atoms. The lowest BCUT2D eigenvalue weighted by Gasteiger charge is -2.34. The highest BCUT2D eigenvalue weighted by atomic mass is 19.1. The predicted octanol–water partition coefficient (Wildman–Crippen LogP) is 3.79. The molecule has 17 heavy (non-hydrogen) atoms. The molecule has 1 aromatic carbocycles. The fourth-order valence-electron chi connectivity index (χ4n) is 2.59. The Bertz CT molecular complexity index is 384. The Kier molecular flexibility index (Phi) is 3.55. The molecule has 3 heteroatoms. The van der Waals surface area contributed by atoms with Crippen LogP contribution in [0.3, 0.4) is 0 Å². The summed E-state index contributed by atoms with van der Waals surface area (Å²) in [6.45, 7) is 3.24. The van der Waals surface area contributed by atoms with Gasteiger partial charge in [-0.1, -0.05) is 26.2 Å². The van der Waals surface area contributed by atoms with Gasteiger partial charge in [-0.05, 0) is 36.5 Å². The van der Waals surface area contributed by atoms with Crippen LogP contribution in [0.25, 0.3) is 0 Å². The van der Waals surface area contributed by atoms with Crippen molar-refractivity contribution < 1.29 is 4.39 Å². The molecule has 0 aromatic heterocycles. The van der Waals surface area contributed by atoms with Crippen LogP contribution in [-0.2, 0) is 0 Å². The Labute approximate surface area is 102 Å². The van der Waals surface area contributed by atoms with Crippen molar-refractivity contribution in [1.29, 1.82) is 0 Å². The van der Waals surface area contributed by atoms with Gasteiger partial charge in [0.2, 0.25) is 0 Å². The molecule has 0 radical (unpaired) electrons. The molecule has 1 aliphatic carbocycles. The number of benzene rings is 1. The van der Waals surface area contributed by atoms with E-state index in [-0.39, 0.29) is 5.82 Å². The smallest absolute Gasteiger partial charge is 0.125 e. The van der Waals surface area contributed by atoms with Crippen molar-refractivity contribution in [2.45, 2.75) is 39.0 Å². The van der Waals surface area contributed by atoms with Crippen LogP contribution in [-0.4, -0.2) is 6.54 Å².